The lowest BCUT2D eigenvalue weighted by atomic mass is 10.1. The van der Waals surface area contributed by atoms with Crippen molar-refractivity contribution in [1.82, 2.24) is 15.0 Å². The fourth-order valence-electron chi connectivity index (χ4n) is 1.52. The van der Waals surface area contributed by atoms with Crippen LogP contribution in [0.1, 0.15) is 26.3 Å². The Morgan fingerprint density at radius 1 is 1.21 bits per heavy atom. The Morgan fingerprint density at radius 2 is 1.93 bits per heavy atom. The fraction of sp³-hybridized carbons (Fsp3) is 0.455. The van der Waals surface area contributed by atoms with Gasteiger partial charge in [-0.25, -0.2) is 4.68 Å². The van der Waals surface area contributed by atoms with Gasteiger partial charge in [0.2, 0.25) is 0 Å². The van der Waals surface area contributed by atoms with Crippen molar-refractivity contribution in [2.24, 2.45) is 0 Å². The van der Waals surface area contributed by atoms with Gasteiger partial charge in [0.1, 0.15) is 5.52 Å². The molecule has 0 aliphatic carbocycles. The maximum Gasteiger partial charge on any atom is 0.113 e. The molecule has 0 atom stereocenters. The Labute approximate surface area is 83.7 Å². The van der Waals surface area contributed by atoms with Crippen molar-refractivity contribution >= 4 is 11.0 Å². The number of aromatic nitrogens is 3. The maximum absolute atomic E-state index is 4.17. The number of aryl methyl sites for hydroxylation is 1. The molecule has 3 heteroatoms. The van der Waals surface area contributed by atoms with Crippen LogP contribution in [0.3, 0.4) is 0 Å². The highest BCUT2D eigenvalue weighted by molar-refractivity contribution is 5.75. The molecule has 1 aromatic carbocycles. The Balaban J connectivity index is 2.73. The SMILES string of the molecule is Cc1ccc2nnn(C(C)(C)C)c2c1. The molecule has 14 heavy (non-hydrogen) atoms. The molecule has 0 unspecified atom stereocenters. The topological polar surface area (TPSA) is 30.7 Å². The Hall–Kier alpha value is -1.38. The van der Waals surface area contributed by atoms with E-state index >= 15 is 0 Å². The van der Waals surface area contributed by atoms with Gasteiger partial charge in [-0.15, -0.1) is 5.10 Å². The lowest BCUT2D eigenvalue weighted by Crippen LogP contribution is -2.23. The van der Waals surface area contributed by atoms with Crippen LogP contribution in [0, 0.1) is 6.92 Å². The molecule has 0 saturated heterocycles. The van der Waals surface area contributed by atoms with Crippen LogP contribution in [-0.4, -0.2) is 15.0 Å². The molecule has 0 aliphatic heterocycles. The Bertz CT molecular complexity index is 463. The summed E-state index contributed by atoms with van der Waals surface area (Å²) >= 11 is 0. The molecule has 3 nitrogen and oxygen atoms in total. The molecule has 0 radical (unpaired) electrons. The predicted octanol–water partition coefficient (Wildman–Crippen LogP) is 2.49. The summed E-state index contributed by atoms with van der Waals surface area (Å²) < 4.78 is 1.97. The van der Waals surface area contributed by atoms with Crippen LogP contribution >= 0.6 is 0 Å². The first-order chi connectivity index (χ1) is 6.48. The van der Waals surface area contributed by atoms with Gasteiger partial charge in [0.15, 0.2) is 0 Å². The minimum atomic E-state index is -0.0114. The Morgan fingerprint density at radius 3 is 2.57 bits per heavy atom. The first-order valence-corrected chi connectivity index (χ1v) is 4.81. The molecule has 1 heterocycles. The Kier molecular flexibility index (Phi) is 1.84. The van der Waals surface area contributed by atoms with Crippen LogP contribution in [0.15, 0.2) is 18.2 Å². The highest BCUT2D eigenvalue weighted by Gasteiger charge is 2.17. The number of benzene rings is 1. The number of hydrogen-bond acceptors (Lipinski definition) is 2. The third kappa shape index (κ3) is 1.39. The van der Waals surface area contributed by atoms with Gasteiger partial charge in [-0.05, 0) is 45.4 Å². The van der Waals surface area contributed by atoms with Crippen molar-refractivity contribution in [3.05, 3.63) is 23.8 Å². The molecular weight excluding hydrogens is 174 g/mol. The molecule has 0 saturated carbocycles. The van der Waals surface area contributed by atoms with E-state index < -0.39 is 0 Å². The van der Waals surface area contributed by atoms with Crippen molar-refractivity contribution in [1.29, 1.82) is 0 Å². The number of rotatable bonds is 0. The largest absolute Gasteiger partial charge is 0.239 e. The smallest absolute Gasteiger partial charge is 0.113 e. The summed E-state index contributed by atoms with van der Waals surface area (Å²) in [4.78, 5) is 0. The highest BCUT2D eigenvalue weighted by atomic mass is 15.4. The zero-order valence-corrected chi connectivity index (χ0v) is 9.07. The summed E-state index contributed by atoms with van der Waals surface area (Å²) in [7, 11) is 0. The summed E-state index contributed by atoms with van der Waals surface area (Å²) in [5, 5.41) is 8.31. The van der Waals surface area contributed by atoms with Gasteiger partial charge >= 0.3 is 0 Å². The van der Waals surface area contributed by atoms with E-state index in [0.717, 1.165) is 11.0 Å². The van der Waals surface area contributed by atoms with Gasteiger partial charge in [-0.2, -0.15) is 0 Å². The van der Waals surface area contributed by atoms with Gasteiger partial charge in [0.05, 0.1) is 11.1 Å². The lowest BCUT2D eigenvalue weighted by molar-refractivity contribution is 0.358. The van der Waals surface area contributed by atoms with Crippen LogP contribution in [0.2, 0.25) is 0 Å². The van der Waals surface area contributed by atoms with Crippen molar-refractivity contribution < 1.29 is 0 Å². The third-order valence-electron chi connectivity index (χ3n) is 2.24. The van der Waals surface area contributed by atoms with Crippen LogP contribution in [0.5, 0.6) is 0 Å². The second-order valence-corrected chi connectivity index (χ2v) is 4.66. The van der Waals surface area contributed by atoms with Gasteiger partial charge in [0, 0.05) is 0 Å². The van der Waals surface area contributed by atoms with Gasteiger partial charge in [-0.3, -0.25) is 0 Å². The molecule has 0 aliphatic rings. The zero-order valence-electron chi connectivity index (χ0n) is 9.07. The average Bonchev–Trinajstić information content (AvgIpc) is 2.45. The molecule has 2 rings (SSSR count). The highest BCUT2D eigenvalue weighted by Crippen LogP contribution is 2.20. The molecule has 2 aromatic rings. The van der Waals surface area contributed by atoms with Crippen LogP contribution in [-0.2, 0) is 5.54 Å². The molecule has 0 N–H and O–H groups in total. The van der Waals surface area contributed by atoms with E-state index in [-0.39, 0.29) is 5.54 Å². The second kappa shape index (κ2) is 2.80. The van der Waals surface area contributed by atoms with Gasteiger partial charge < -0.3 is 0 Å². The van der Waals surface area contributed by atoms with E-state index in [1.807, 2.05) is 10.7 Å². The summed E-state index contributed by atoms with van der Waals surface area (Å²) in [5.41, 5.74) is 3.30. The van der Waals surface area contributed by atoms with Crippen LogP contribution in [0.25, 0.3) is 11.0 Å². The fourth-order valence-corrected chi connectivity index (χ4v) is 1.52. The van der Waals surface area contributed by atoms with E-state index in [0.29, 0.717) is 0 Å². The second-order valence-electron chi connectivity index (χ2n) is 4.66. The lowest BCUT2D eigenvalue weighted by Gasteiger charge is -2.19. The minimum absolute atomic E-state index is 0.0114. The first kappa shape index (κ1) is 9.19. The summed E-state index contributed by atoms with van der Waals surface area (Å²) in [6, 6.07) is 6.20. The van der Waals surface area contributed by atoms with E-state index in [1.165, 1.54) is 5.56 Å². The van der Waals surface area contributed by atoms with E-state index in [9.17, 15) is 0 Å². The van der Waals surface area contributed by atoms with Crippen molar-refractivity contribution in [2.75, 3.05) is 0 Å². The number of hydrogen-bond donors (Lipinski definition) is 0. The third-order valence-corrected chi connectivity index (χ3v) is 2.24. The molecule has 0 amide bonds. The standard InChI is InChI=1S/C11H15N3/c1-8-5-6-9-10(7-8)14(13-12-9)11(2,3)4/h5-7H,1-4H3. The van der Waals surface area contributed by atoms with Gasteiger partial charge in [0.25, 0.3) is 0 Å². The molecule has 1 aromatic heterocycles. The molecule has 0 bridgehead atoms. The van der Waals surface area contributed by atoms with Gasteiger partial charge in [-0.1, -0.05) is 11.3 Å². The molecule has 0 spiro atoms. The van der Waals surface area contributed by atoms with E-state index in [1.54, 1.807) is 0 Å². The monoisotopic (exact) mass is 189 g/mol. The normalized spacial score (nSPS) is 12.3. The van der Waals surface area contributed by atoms with Crippen LogP contribution in [0.4, 0.5) is 0 Å². The zero-order chi connectivity index (χ0) is 10.3. The van der Waals surface area contributed by atoms with E-state index in [4.69, 9.17) is 0 Å². The molecule has 74 valence electrons. The first-order valence-electron chi connectivity index (χ1n) is 4.81. The average molecular weight is 189 g/mol. The summed E-state index contributed by atoms with van der Waals surface area (Å²) in [5.74, 6) is 0. The van der Waals surface area contributed by atoms with Crippen molar-refractivity contribution in [2.45, 2.75) is 33.2 Å². The number of nitrogens with zero attached hydrogens (tertiary/aromatic N) is 3. The van der Waals surface area contributed by atoms with E-state index in [2.05, 4.69) is 50.1 Å². The number of fused-ring (bicyclic) bond motifs is 1. The van der Waals surface area contributed by atoms with Crippen molar-refractivity contribution in [3.8, 4) is 0 Å². The quantitative estimate of drug-likeness (QED) is 0.637. The van der Waals surface area contributed by atoms with Crippen molar-refractivity contribution in [3.63, 3.8) is 0 Å². The predicted molar refractivity (Wildman–Crippen MR) is 57.3 cm³/mol. The summed E-state index contributed by atoms with van der Waals surface area (Å²) in [6.07, 6.45) is 0. The maximum atomic E-state index is 4.17. The summed E-state index contributed by atoms with van der Waals surface area (Å²) in [6.45, 7) is 8.47. The minimum Gasteiger partial charge on any atom is -0.239 e. The molecule has 0 fully saturated rings. The van der Waals surface area contributed by atoms with Crippen LogP contribution < -0.4 is 0 Å². The molecular formula is C11H15N3.